The van der Waals surface area contributed by atoms with Crippen LogP contribution < -0.4 is 4.72 Å². The van der Waals surface area contributed by atoms with Crippen LogP contribution in [0.2, 0.25) is 5.02 Å². The molecule has 2 aromatic carbocycles. The molecule has 0 saturated heterocycles. The van der Waals surface area contributed by atoms with Crippen LogP contribution in [0.15, 0.2) is 59.5 Å². The van der Waals surface area contributed by atoms with E-state index in [-0.39, 0.29) is 17.9 Å². The molecule has 0 spiro atoms. The van der Waals surface area contributed by atoms with Crippen molar-refractivity contribution in [1.82, 2.24) is 4.72 Å². The van der Waals surface area contributed by atoms with Gasteiger partial charge in [0.05, 0.1) is 17.5 Å². The van der Waals surface area contributed by atoms with E-state index in [0.717, 1.165) is 5.56 Å². The summed E-state index contributed by atoms with van der Waals surface area (Å²) in [4.78, 5) is 24.2. The predicted octanol–water partition coefficient (Wildman–Crippen LogP) is 2.75. The molecular formula is C19H20ClNO5S. The van der Waals surface area contributed by atoms with Crippen molar-refractivity contribution in [3.05, 3.63) is 65.2 Å². The number of hydrogen-bond acceptors (Lipinski definition) is 5. The van der Waals surface area contributed by atoms with Gasteiger partial charge in [0.25, 0.3) is 0 Å². The van der Waals surface area contributed by atoms with Gasteiger partial charge in [0.15, 0.2) is 5.78 Å². The summed E-state index contributed by atoms with van der Waals surface area (Å²) in [7, 11) is -3.97. The lowest BCUT2D eigenvalue weighted by Crippen LogP contribution is -2.43. The van der Waals surface area contributed by atoms with Crippen LogP contribution in [-0.4, -0.2) is 32.8 Å². The van der Waals surface area contributed by atoms with Gasteiger partial charge in [0.1, 0.15) is 6.42 Å². The van der Waals surface area contributed by atoms with Gasteiger partial charge in [0.2, 0.25) is 10.0 Å². The third-order valence-corrected chi connectivity index (χ3v) is 5.46. The van der Waals surface area contributed by atoms with Gasteiger partial charge in [-0.25, -0.2) is 13.1 Å². The minimum absolute atomic E-state index is 0.0195. The van der Waals surface area contributed by atoms with Crippen LogP contribution in [0.3, 0.4) is 0 Å². The lowest BCUT2D eigenvalue weighted by molar-refractivity contribution is -0.145. The molecule has 144 valence electrons. The van der Waals surface area contributed by atoms with E-state index >= 15 is 0 Å². The van der Waals surface area contributed by atoms with E-state index in [2.05, 4.69) is 4.72 Å². The Balaban J connectivity index is 2.24. The van der Waals surface area contributed by atoms with Gasteiger partial charge in [-0.15, -0.1) is 0 Å². The molecule has 0 fully saturated rings. The monoisotopic (exact) mass is 409 g/mol. The number of ether oxygens (including phenoxy) is 1. The zero-order chi connectivity index (χ0) is 19.9. The third kappa shape index (κ3) is 6.46. The van der Waals surface area contributed by atoms with Gasteiger partial charge in [-0.2, -0.15) is 0 Å². The van der Waals surface area contributed by atoms with Crippen molar-refractivity contribution in [1.29, 1.82) is 0 Å². The van der Waals surface area contributed by atoms with Crippen molar-refractivity contribution in [2.45, 2.75) is 30.7 Å². The topological polar surface area (TPSA) is 89.5 Å². The van der Waals surface area contributed by atoms with Crippen molar-refractivity contribution < 1.29 is 22.7 Å². The SMILES string of the molecule is CCOC(=O)CC(=O)[C@@H](Cc1ccccc1)NS(=O)(=O)c1ccc(Cl)cc1. The van der Waals surface area contributed by atoms with E-state index in [9.17, 15) is 18.0 Å². The molecule has 27 heavy (non-hydrogen) atoms. The second-order valence-electron chi connectivity index (χ2n) is 5.77. The van der Waals surface area contributed by atoms with E-state index in [0.29, 0.717) is 5.02 Å². The summed E-state index contributed by atoms with van der Waals surface area (Å²) in [5, 5.41) is 0.396. The minimum Gasteiger partial charge on any atom is -0.466 e. The number of rotatable bonds is 9. The second-order valence-corrected chi connectivity index (χ2v) is 7.92. The Morgan fingerprint density at radius 3 is 2.30 bits per heavy atom. The van der Waals surface area contributed by atoms with E-state index in [1.165, 1.54) is 24.3 Å². The first-order chi connectivity index (χ1) is 12.8. The zero-order valence-corrected chi connectivity index (χ0v) is 16.3. The highest BCUT2D eigenvalue weighted by molar-refractivity contribution is 7.89. The van der Waals surface area contributed by atoms with Crippen LogP contribution in [-0.2, 0) is 30.8 Å². The van der Waals surface area contributed by atoms with Crippen LogP contribution in [0.1, 0.15) is 18.9 Å². The number of sulfonamides is 1. The highest BCUT2D eigenvalue weighted by atomic mass is 35.5. The Kier molecular flexibility index (Phi) is 7.53. The summed E-state index contributed by atoms with van der Waals surface area (Å²) in [6.45, 7) is 1.78. The number of hydrogen-bond donors (Lipinski definition) is 1. The normalized spacial score (nSPS) is 12.4. The van der Waals surface area contributed by atoms with Crippen molar-refractivity contribution in [2.75, 3.05) is 6.61 Å². The highest BCUT2D eigenvalue weighted by Crippen LogP contribution is 2.16. The van der Waals surface area contributed by atoms with Gasteiger partial charge in [-0.05, 0) is 43.2 Å². The Labute approximate surface area is 163 Å². The largest absolute Gasteiger partial charge is 0.466 e. The molecule has 0 aromatic heterocycles. The Morgan fingerprint density at radius 1 is 1.07 bits per heavy atom. The standard InChI is InChI=1S/C19H20ClNO5S/c1-2-26-19(23)13-18(22)17(12-14-6-4-3-5-7-14)21-27(24,25)16-10-8-15(20)9-11-16/h3-11,17,21H,2,12-13H2,1H3/t17-/m1/s1. The van der Waals surface area contributed by atoms with Crippen LogP contribution >= 0.6 is 11.6 Å². The van der Waals surface area contributed by atoms with Gasteiger partial charge >= 0.3 is 5.97 Å². The molecular weight excluding hydrogens is 390 g/mol. The number of esters is 1. The first-order valence-electron chi connectivity index (χ1n) is 8.32. The van der Waals surface area contributed by atoms with Crippen molar-refractivity contribution >= 4 is 33.4 Å². The molecule has 0 heterocycles. The number of Topliss-reactive ketones (excluding diaryl/α,β-unsaturated/α-hetero) is 1. The fourth-order valence-corrected chi connectivity index (χ4v) is 3.76. The third-order valence-electron chi connectivity index (χ3n) is 3.72. The summed E-state index contributed by atoms with van der Waals surface area (Å²) in [5.41, 5.74) is 0.763. The lowest BCUT2D eigenvalue weighted by Gasteiger charge is -2.18. The molecule has 8 heteroatoms. The minimum atomic E-state index is -3.97. The van der Waals surface area contributed by atoms with Gasteiger partial charge < -0.3 is 4.74 Å². The number of carbonyl (C=O) groups is 2. The zero-order valence-electron chi connectivity index (χ0n) is 14.7. The summed E-state index contributed by atoms with van der Waals surface area (Å²) < 4.78 is 32.5. The fourth-order valence-electron chi connectivity index (χ4n) is 2.42. The first kappa shape index (κ1) is 21.1. The molecule has 1 atom stereocenters. The molecule has 0 saturated carbocycles. The Morgan fingerprint density at radius 2 is 1.70 bits per heavy atom. The van der Waals surface area contributed by atoms with E-state index < -0.39 is 34.2 Å². The summed E-state index contributed by atoms with van der Waals surface area (Å²) in [6, 6.07) is 13.4. The number of benzene rings is 2. The molecule has 0 aliphatic carbocycles. The smallest absolute Gasteiger partial charge is 0.313 e. The number of ketones is 1. The molecule has 0 aliphatic rings. The van der Waals surface area contributed by atoms with E-state index in [1.54, 1.807) is 31.2 Å². The number of carbonyl (C=O) groups excluding carboxylic acids is 2. The second kappa shape index (κ2) is 9.64. The lowest BCUT2D eigenvalue weighted by atomic mass is 10.0. The maximum atomic E-state index is 12.6. The van der Waals surface area contributed by atoms with Crippen molar-refractivity contribution in [3.8, 4) is 0 Å². The number of halogens is 1. The average molecular weight is 410 g/mol. The molecule has 1 N–H and O–H groups in total. The molecule has 6 nitrogen and oxygen atoms in total. The first-order valence-corrected chi connectivity index (χ1v) is 10.2. The molecule has 2 rings (SSSR count). The molecule has 0 amide bonds. The van der Waals surface area contributed by atoms with E-state index in [1.807, 2.05) is 6.07 Å². The van der Waals surface area contributed by atoms with Gasteiger partial charge in [0, 0.05) is 5.02 Å². The maximum Gasteiger partial charge on any atom is 0.313 e. The Bertz CT molecular complexity index is 882. The van der Waals surface area contributed by atoms with Gasteiger partial charge in [-0.3, -0.25) is 9.59 Å². The fraction of sp³-hybridized carbons (Fsp3) is 0.263. The predicted molar refractivity (Wildman–Crippen MR) is 102 cm³/mol. The maximum absolute atomic E-state index is 12.6. The number of nitrogens with one attached hydrogen (secondary N) is 1. The van der Waals surface area contributed by atoms with Crippen LogP contribution in [0.5, 0.6) is 0 Å². The molecule has 2 aromatic rings. The van der Waals surface area contributed by atoms with Crippen molar-refractivity contribution in [3.63, 3.8) is 0 Å². The average Bonchev–Trinajstić information content (AvgIpc) is 2.62. The summed E-state index contributed by atoms with van der Waals surface area (Å²) in [5.74, 6) is -1.25. The molecule has 0 unspecified atom stereocenters. The Hall–Kier alpha value is -2.22. The van der Waals surface area contributed by atoms with E-state index in [4.69, 9.17) is 16.3 Å². The molecule has 0 aliphatic heterocycles. The summed E-state index contributed by atoms with van der Waals surface area (Å²) in [6.07, 6.45) is -0.389. The molecule has 0 bridgehead atoms. The van der Waals surface area contributed by atoms with Crippen molar-refractivity contribution in [2.24, 2.45) is 0 Å². The summed E-state index contributed by atoms with van der Waals surface area (Å²) >= 11 is 5.79. The van der Waals surface area contributed by atoms with Gasteiger partial charge in [-0.1, -0.05) is 41.9 Å². The highest BCUT2D eigenvalue weighted by Gasteiger charge is 2.27. The van der Waals surface area contributed by atoms with Crippen LogP contribution in [0.25, 0.3) is 0 Å². The molecule has 0 radical (unpaired) electrons. The van der Waals surface area contributed by atoms with Crippen LogP contribution in [0, 0.1) is 0 Å². The quantitative estimate of drug-likeness (QED) is 0.508. The van der Waals surface area contributed by atoms with Crippen LogP contribution in [0.4, 0.5) is 0 Å².